The largest absolute Gasteiger partial charge is 0.497 e. The zero-order valence-electron chi connectivity index (χ0n) is 17.1. The lowest BCUT2D eigenvalue weighted by molar-refractivity contribution is -0.125. The van der Waals surface area contributed by atoms with Crippen LogP contribution in [0.3, 0.4) is 0 Å². The zero-order valence-corrected chi connectivity index (χ0v) is 17.9. The molecule has 0 bridgehead atoms. The Balaban J connectivity index is 1.66. The first-order valence-corrected chi connectivity index (χ1v) is 10.8. The summed E-state index contributed by atoms with van der Waals surface area (Å²) in [6.07, 6.45) is 3.15. The van der Waals surface area contributed by atoms with Crippen molar-refractivity contribution in [3.63, 3.8) is 0 Å². The Bertz CT molecular complexity index is 1190. The first-order chi connectivity index (χ1) is 14.3. The van der Waals surface area contributed by atoms with Gasteiger partial charge in [-0.1, -0.05) is 30.3 Å². The minimum absolute atomic E-state index is 0.142. The molecule has 0 radical (unpaired) electrons. The minimum atomic E-state index is -3.47. The third-order valence-corrected chi connectivity index (χ3v) is 6.22. The molecule has 1 N–H and O–H groups in total. The third kappa shape index (κ3) is 5.06. The molecule has 3 rings (SSSR count). The summed E-state index contributed by atoms with van der Waals surface area (Å²) >= 11 is 0. The number of rotatable bonds is 7. The second-order valence-electron chi connectivity index (χ2n) is 6.85. The maximum Gasteiger partial charge on any atom is 0.246 e. The van der Waals surface area contributed by atoms with Crippen LogP contribution >= 0.6 is 0 Å². The molecule has 0 spiro atoms. The highest BCUT2D eigenvalue weighted by atomic mass is 32.2. The summed E-state index contributed by atoms with van der Waals surface area (Å²) in [6.45, 7) is 0.477. The number of ether oxygens (including phenoxy) is 1. The standard InChI is InChI=1S/C23H24N2O4S/c1-24-30(27,28)22-11-5-17(6-12-22)7-13-23(26)25(2)16-18-4-8-20-15-21(29-3)10-9-19(20)14-18/h4-15,24H,16H2,1-3H3/b13-7+. The summed E-state index contributed by atoms with van der Waals surface area (Å²) in [7, 11) is 1.28. The molecule has 1 amide bonds. The van der Waals surface area contributed by atoms with Crippen LogP contribution in [0, 0.1) is 0 Å². The molecule has 156 valence electrons. The number of fused-ring (bicyclic) bond motifs is 1. The van der Waals surface area contributed by atoms with Crippen molar-refractivity contribution in [3.8, 4) is 5.75 Å². The lowest BCUT2D eigenvalue weighted by atomic mass is 10.1. The van der Waals surface area contributed by atoms with Crippen LogP contribution in [0.15, 0.2) is 71.6 Å². The first-order valence-electron chi connectivity index (χ1n) is 9.36. The number of hydrogen-bond acceptors (Lipinski definition) is 4. The van der Waals surface area contributed by atoms with Crippen molar-refractivity contribution in [2.24, 2.45) is 0 Å². The Labute approximate surface area is 176 Å². The van der Waals surface area contributed by atoms with Crippen LogP contribution in [-0.2, 0) is 21.4 Å². The minimum Gasteiger partial charge on any atom is -0.497 e. The van der Waals surface area contributed by atoms with E-state index in [2.05, 4.69) is 10.8 Å². The van der Waals surface area contributed by atoms with Crippen molar-refractivity contribution in [1.29, 1.82) is 0 Å². The Morgan fingerprint density at radius 1 is 1.03 bits per heavy atom. The van der Waals surface area contributed by atoms with Crippen molar-refractivity contribution < 1.29 is 17.9 Å². The average Bonchev–Trinajstić information content (AvgIpc) is 2.77. The molecule has 7 heteroatoms. The number of benzene rings is 3. The molecular formula is C23H24N2O4S. The second kappa shape index (κ2) is 9.11. The average molecular weight is 425 g/mol. The van der Waals surface area contributed by atoms with Crippen LogP contribution < -0.4 is 9.46 Å². The maximum absolute atomic E-state index is 12.5. The van der Waals surface area contributed by atoms with E-state index in [9.17, 15) is 13.2 Å². The lowest BCUT2D eigenvalue weighted by Crippen LogP contribution is -2.24. The number of amides is 1. The van der Waals surface area contributed by atoms with E-state index in [-0.39, 0.29) is 10.8 Å². The number of sulfonamides is 1. The molecule has 0 saturated carbocycles. The molecule has 3 aromatic carbocycles. The van der Waals surface area contributed by atoms with E-state index < -0.39 is 10.0 Å². The van der Waals surface area contributed by atoms with Crippen LogP contribution in [0.25, 0.3) is 16.8 Å². The van der Waals surface area contributed by atoms with Gasteiger partial charge in [0.1, 0.15) is 5.75 Å². The fraction of sp³-hybridized carbons (Fsp3) is 0.174. The quantitative estimate of drug-likeness (QED) is 0.590. The van der Waals surface area contributed by atoms with Crippen LogP contribution in [0.5, 0.6) is 5.75 Å². The van der Waals surface area contributed by atoms with Gasteiger partial charge in [-0.05, 0) is 65.4 Å². The molecule has 0 atom stereocenters. The van der Waals surface area contributed by atoms with Gasteiger partial charge in [-0.3, -0.25) is 4.79 Å². The second-order valence-corrected chi connectivity index (χ2v) is 8.74. The van der Waals surface area contributed by atoms with Crippen LogP contribution in [0.2, 0.25) is 0 Å². The number of likely N-dealkylation sites (N-methyl/N-ethyl adjacent to an activating group) is 1. The van der Waals surface area contributed by atoms with E-state index in [1.54, 1.807) is 37.3 Å². The molecule has 6 nitrogen and oxygen atoms in total. The fourth-order valence-electron chi connectivity index (χ4n) is 3.02. The predicted molar refractivity (Wildman–Crippen MR) is 119 cm³/mol. The van der Waals surface area contributed by atoms with Gasteiger partial charge in [-0.2, -0.15) is 0 Å². The molecule has 0 aromatic heterocycles. The van der Waals surface area contributed by atoms with Crippen LogP contribution in [-0.4, -0.2) is 40.4 Å². The summed E-state index contributed by atoms with van der Waals surface area (Å²) in [5, 5.41) is 2.16. The molecule has 0 heterocycles. The molecule has 0 saturated heterocycles. The molecular weight excluding hydrogens is 400 g/mol. The van der Waals surface area contributed by atoms with Crippen molar-refractivity contribution in [3.05, 3.63) is 77.9 Å². The molecule has 3 aromatic rings. The monoisotopic (exact) mass is 424 g/mol. The fourth-order valence-corrected chi connectivity index (χ4v) is 3.75. The normalized spacial score (nSPS) is 11.7. The summed E-state index contributed by atoms with van der Waals surface area (Å²) in [6, 6.07) is 18.3. The van der Waals surface area contributed by atoms with Gasteiger partial charge in [0, 0.05) is 19.7 Å². The number of hydrogen-bond donors (Lipinski definition) is 1. The first kappa shape index (κ1) is 21.5. The van der Waals surface area contributed by atoms with Gasteiger partial charge in [0.15, 0.2) is 0 Å². The van der Waals surface area contributed by atoms with Crippen molar-refractivity contribution in [2.45, 2.75) is 11.4 Å². The van der Waals surface area contributed by atoms with Crippen molar-refractivity contribution in [1.82, 2.24) is 9.62 Å². The lowest BCUT2D eigenvalue weighted by Gasteiger charge is -2.16. The zero-order chi connectivity index (χ0) is 21.7. The number of carbonyl (C=O) groups excluding carboxylic acids is 1. The molecule has 0 aliphatic rings. The number of methoxy groups -OCH3 is 1. The van der Waals surface area contributed by atoms with Crippen LogP contribution in [0.4, 0.5) is 0 Å². The van der Waals surface area contributed by atoms with E-state index in [1.807, 2.05) is 30.3 Å². The summed E-state index contributed by atoms with van der Waals surface area (Å²) in [5.74, 6) is 0.668. The van der Waals surface area contributed by atoms with E-state index >= 15 is 0 Å². The van der Waals surface area contributed by atoms with Crippen molar-refractivity contribution in [2.75, 3.05) is 21.2 Å². The van der Waals surface area contributed by atoms with Gasteiger partial charge in [-0.15, -0.1) is 0 Å². The Morgan fingerprint density at radius 2 is 1.70 bits per heavy atom. The third-order valence-electron chi connectivity index (χ3n) is 4.79. The van der Waals surface area contributed by atoms with Crippen LogP contribution in [0.1, 0.15) is 11.1 Å². The molecule has 0 unspecified atom stereocenters. The highest BCUT2D eigenvalue weighted by Gasteiger charge is 2.10. The predicted octanol–water partition coefficient (Wildman–Crippen LogP) is 3.43. The summed E-state index contributed by atoms with van der Waals surface area (Å²) in [5.41, 5.74) is 1.77. The smallest absolute Gasteiger partial charge is 0.246 e. The van der Waals surface area contributed by atoms with Gasteiger partial charge < -0.3 is 9.64 Å². The molecule has 0 aliphatic heterocycles. The van der Waals surface area contributed by atoms with Gasteiger partial charge in [0.25, 0.3) is 0 Å². The highest BCUT2D eigenvalue weighted by Crippen LogP contribution is 2.22. The molecule has 0 aliphatic carbocycles. The highest BCUT2D eigenvalue weighted by molar-refractivity contribution is 7.89. The SMILES string of the molecule is CNS(=O)(=O)c1ccc(/C=C/C(=O)N(C)Cc2ccc3cc(OC)ccc3c2)cc1. The Kier molecular flexibility index (Phi) is 6.54. The Morgan fingerprint density at radius 3 is 2.37 bits per heavy atom. The topological polar surface area (TPSA) is 75.7 Å². The van der Waals surface area contributed by atoms with E-state index in [0.29, 0.717) is 6.54 Å². The molecule has 0 fully saturated rings. The molecule has 30 heavy (non-hydrogen) atoms. The van der Waals surface area contributed by atoms with Gasteiger partial charge in [-0.25, -0.2) is 13.1 Å². The van der Waals surface area contributed by atoms with Gasteiger partial charge >= 0.3 is 0 Å². The van der Waals surface area contributed by atoms with E-state index in [4.69, 9.17) is 4.74 Å². The summed E-state index contributed by atoms with van der Waals surface area (Å²) < 4.78 is 31.0. The van der Waals surface area contributed by atoms with Gasteiger partial charge in [0.05, 0.1) is 12.0 Å². The van der Waals surface area contributed by atoms with Gasteiger partial charge in [0.2, 0.25) is 15.9 Å². The summed E-state index contributed by atoms with van der Waals surface area (Å²) in [4.78, 5) is 14.3. The number of carbonyl (C=O) groups is 1. The van der Waals surface area contributed by atoms with E-state index in [0.717, 1.165) is 27.6 Å². The maximum atomic E-state index is 12.5. The van der Waals surface area contributed by atoms with Crippen molar-refractivity contribution >= 4 is 32.8 Å². The number of nitrogens with one attached hydrogen (secondary N) is 1. The van der Waals surface area contributed by atoms with E-state index in [1.165, 1.54) is 25.3 Å². The number of nitrogens with zero attached hydrogens (tertiary/aromatic N) is 1. The Hall–Kier alpha value is -3.16.